The number of hydrogen-bond acceptors (Lipinski definition) is 7. The molecular weight excluding hydrogens is 342 g/mol. The quantitative estimate of drug-likeness (QED) is 0.705. The lowest BCUT2D eigenvalue weighted by molar-refractivity contribution is -0.146. The first-order chi connectivity index (χ1) is 12.4. The molecule has 1 aliphatic heterocycles. The van der Waals surface area contributed by atoms with Crippen LogP contribution in [0.2, 0.25) is 0 Å². The van der Waals surface area contributed by atoms with Gasteiger partial charge in [0.2, 0.25) is 5.75 Å². The molecule has 2 rings (SSSR count). The Labute approximate surface area is 152 Å². The maximum Gasteiger partial charge on any atom is 0.338 e. The predicted octanol–water partition coefficient (Wildman–Crippen LogP) is 1.50. The summed E-state index contributed by atoms with van der Waals surface area (Å²) in [5, 5.41) is 0. The number of carbonyl (C=O) groups excluding carboxylic acids is 2. The van der Waals surface area contributed by atoms with Crippen LogP contribution in [-0.4, -0.2) is 70.0 Å². The Morgan fingerprint density at radius 3 is 2.04 bits per heavy atom. The predicted molar refractivity (Wildman–Crippen MR) is 93.0 cm³/mol. The Hall–Kier alpha value is -2.48. The Morgan fingerprint density at radius 1 is 1.04 bits per heavy atom. The number of morpholine rings is 1. The average Bonchev–Trinajstić information content (AvgIpc) is 2.63. The van der Waals surface area contributed by atoms with Crippen LogP contribution < -0.4 is 14.2 Å². The van der Waals surface area contributed by atoms with Gasteiger partial charge in [-0.1, -0.05) is 0 Å². The first-order valence-electron chi connectivity index (χ1n) is 8.30. The van der Waals surface area contributed by atoms with Crippen LogP contribution in [0.25, 0.3) is 0 Å². The van der Waals surface area contributed by atoms with Gasteiger partial charge in [0.05, 0.1) is 39.1 Å². The largest absolute Gasteiger partial charge is 0.493 e. The van der Waals surface area contributed by atoms with Crippen molar-refractivity contribution in [3.63, 3.8) is 0 Å². The molecule has 2 atom stereocenters. The van der Waals surface area contributed by atoms with E-state index >= 15 is 0 Å². The molecule has 0 radical (unpaired) electrons. The Balaban J connectivity index is 2.04. The maximum atomic E-state index is 12.3. The summed E-state index contributed by atoms with van der Waals surface area (Å²) in [7, 11) is 4.38. The molecule has 1 amide bonds. The Kier molecular flexibility index (Phi) is 6.68. The second-order valence-corrected chi connectivity index (χ2v) is 6.05. The van der Waals surface area contributed by atoms with Crippen molar-refractivity contribution in [2.45, 2.75) is 26.1 Å². The van der Waals surface area contributed by atoms with E-state index in [0.717, 1.165) is 0 Å². The van der Waals surface area contributed by atoms with Gasteiger partial charge in [0.15, 0.2) is 18.1 Å². The fourth-order valence-corrected chi connectivity index (χ4v) is 2.88. The minimum atomic E-state index is -0.646. The third-order valence-electron chi connectivity index (χ3n) is 4.00. The first kappa shape index (κ1) is 19.8. The summed E-state index contributed by atoms with van der Waals surface area (Å²) in [5.41, 5.74) is 0.205. The van der Waals surface area contributed by atoms with Crippen LogP contribution in [0.15, 0.2) is 12.1 Å². The molecule has 0 aromatic heterocycles. The van der Waals surface area contributed by atoms with Crippen LogP contribution in [0.4, 0.5) is 0 Å². The van der Waals surface area contributed by atoms with Crippen molar-refractivity contribution >= 4 is 11.9 Å². The van der Waals surface area contributed by atoms with Crippen molar-refractivity contribution in [3.05, 3.63) is 17.7 Å². The normalized spacial score (nSPS) is 19.7. The van der Waals surface area contributed by atoms with Gasteiger partial charge in [-0.25, -0.2) is 4.79 Å². The molecule has 26 heavy (non-hydrogen) atoms. The lowest BCUT2D eigenvalue weighted by atomic mass is 10.2. The van der Waals surface area contributed by atoms with E-state index in [2.05, 4.69) is 0 Å². The van der Waals surface area contributed by atoms with Gasteiger partial charge in [-0.3, -0.25) is 4.79 Å². The van der Waals surface area contributed by atoms with Gasteiger partial charge in [0, 0.05) is 13.1 Å². The molecule has 8 nitrogen and oxygen atoms in total. The van der Waals surface area contributed by atoms with Crippen molar-refractivity contribution in [2.24, 2.45) is 0 Å². The highest BCUT2D eigenvalue weighted by molar-refractivity contribution is 5.92. The van der Waals surface area contributed by atoms with Crippen LogP contribution >= 0.6 is 0 Å². The van der Waals surface area contributed by atoms with Gasteiger partial charge in [-0.05, 0) is 26.0 Å². The van der Waals surface area contributed by atoms with Crippen molar-refractivity contribution in [1.29, 1.82) is 0 Å². The fraction of sp³-hybridized carbons (Fsp3) is 0.556. The number of hydrogen-bond donors (Lipinski definition) is 0. The van der Waals surface area contributed by atoms with Gasteiger partial charge >= 0.3 is 5.97 Å². The van der Waals surface area contributed by atoms with Crippen molar-refractivity contribution in [2.75, 3.05) is 41.0 Å². The summed E-state index contributed by atoms with van der Waals surface area (Å²) in [6.07, 6.45) is -0.0953. The fourth-order valence-electron chi connectivity index (χ4n) is 2.88. The molecular formula is C18H25NO7. The SMILES string of the molecule is COc1cc(C(=O)OCC(=O)N2C[C@@H](C)O[C@H](C)C2)cc(OC)c1OC. The minimum Gasteiger partial charge on any atom is -0.493 e. The van der Waals surface area contributed by atoms with E-state index in [1.165, 1.54) is 33.5 Å². The molecule has 1 heterocycles. The summed E-state index contributed by atoms with van der Waals surface area (Å²) < 4.78 is 26.4. The van der Waals surface area contributed by atoms with E-state index in [0.29, 0.717) is 30.3 Å². The molecule has 1 fully saturated rings. The molecule has 0 N–H and O–H groups in total. The summed E-state index contributed by atoms with van der Waals surface area (Å²) in [5.74, 6) is 0.139. The summed E-state index contributed by atoms with van der Waals surface area (Å²) in [6.45, 7) is 4.42. The molecule has 0 unspecified atom stereocenters. The number of methoxy groups -OCH3 is 3. The molecule has 0 bridgehead atoms. The number of benzene rings is 1. The molecule has 0 aliphatic carbocycles. The van der Waals surface area contributed by atoms with Crippen LogP contribution in [0, 0.1) is 0 Å². The molecule has 144 valence electrons. The number of amides is 1. The summed E-state index contributed by atoms with van der Waals surface area (Å²) in [4.78, 5) is 26.3. The molecule has 1 aliphatic rings. The first-order valence-corrected chi connectivity index (χ1v) is 8.30. The van der Waals surface area contributed by atoms with Crippen molar-refractivity contribution < 1.29 is 33.3 Å². The number of ether oxygens (including phenoxy) is 5. The van der Waals surface area contributed by atoms with E-state index in [-0.39, 0.29) is 30.3 Å². The molecule has 1 aromatic carbocycles. The zero-order chi connectivity index (χ0) is 19.3. The van der Waals surface area contributed by atoms with E-state index in [4.69, 9.17) is 23.7 Å². The summed E-state index contributed by atoms with van der Waals surface area (Å²) >= 11 is 0. The van der Waals surface area contributed by atoms with Crippen LogP contribution in [0.1, 0.15) is 24.2 Å². The second kappa shape index (κ2) is 8.75. The van der Waals surface area contributed by atoms with Crippen LogP contribution in [0.3, 0.4) is 0 Å². The number of rotatable bonds is 6. The molecule has 1 saturated heterocycles. The lowest BCUT2D eigenvalue weighted by Crippen LogP contribution is -2.49. The molecule has 0 saturated carbocycles. The van der Waals surface area contributed by atoms with Crippen LogP contribution in [-0.2, 0) is 14.3 Å². The number of carbonyl (C=O) groups is 2. The van der Waals surface area contributed by atoms with Crippen molar-refractivity contribution in [1.82, 2.24) is 4.90 Å². The highest BCUT2D eigenvalue weighted by Crippen LogP contribution is 2.38. The second-order valence-electron chi connectivity index (χ2n) is 6.05. The number of esters is 1. The molecule has 0 spiro atoms. The van der Waals surface area contributed by atoms with Gasteiger partial charge < -0.3 is 28.6 Å². The summed E-state index contributed by atoms with van der Waals surface area (Å²) in [6, 6.07) is 2.96. The van der Waals surface area contributed by atoms with E-state index in [1.54, 1.807) is 4.90 Å². The zero-order valence-electron chi connectivity index (χ0n) is 15.7. The standard InChI is InChI=1S/C18H25NO7/c1-11-8-19(9-12(2)26-11)16(20)10-25-18(21)13-6-14(22-3)17(24-5)15(7-13)23-4/h6-7,11-12H,8-10H2,1-5H3/t11-,12-/m1/s1. The molecule has 1 aromatic rings. The van der Waals surface area contributed by atoms with E-state index in [9.17, 15) is 9.59 Å². The monoisotopic (exact) mass is 367 g/mol. The topological polar surface area (TPSA) is 83.5 Å². The van der Waals surface area contributed by atoms with E-state index in [1.807, 2.05) is 13.8 Å². The Morgan fingerprint density at radius 2 is 1.58 bits per heavy atom. The maximum absolute atomic E-state index is 12.3. The minimum absolute atomic E-state index is 0.0477. The van der Waals surface area contributed by atoms with Gasteiger partial charge in [-0.2, -0.15) is 0 Å². The van der Waals surface area contributed by atoms with Crippen LogP contribution in [0.5, 0.6) is 17.2 Å². The van der Waals surface area contributed by atoms with Gasteiger partial charge in [-0.15, -0.1) is 0 Å². The molecule has 8 heteroatoms. The zero-order valence-corrected chi connectivity index (χ0v) is 15.7. The average molecular weight is 367 g/mol. The van der Waals surface area contributed by atoms with Crippen molar-refractivity contribution in [3.8, 4) is 17.2 Å². The van der Waals surface area contributed by atoms with Gasteiger partial charge in [0.1, 0.15) is 0 Å². The Bertz CT molecular complexity index is 626. The van der Waals surface area contributed by atoms with Gasteiger partial charge in [0.25, 0.3) is 5.91 Å². The third kappa shape index (κ3) is 4.57. The third-order valence-corrected chi connectivity index (χ3v) is 4.00. The number of nitrogens with zero attached hydrogens (tertiary/aromatic N) is 1. The lowest BCUT2D eigenvalue weighted by Gasteiger charge is -2.35. The highest BCUT2D eigenvalue weighted by atomic mass is 16.5. The van der Waals surface area contributed by atoms with E-state index < -0.39 is 5.97 Å². The smallest absolute Gasteiger partial charge is 0.338 e. The highest BCUT2D eigenvalue weighted by Gasteiger charge is 2.27.